The summed E-state index contributed by atoms with van der Waals surface area (Å²) in [7, 11) is 1.63. The molecule has 2 rings (SSSR count). The van der Waals surface area contributed by atoms with E-state index < -0.39 is 0 Å². The number of hydrogen-bond donors (Lipinski definition) is 0. The zero-order valence-corrected chi connectivity index (χ0v) is 11.5. The summed E-state index contributed by atoms with van der Waals surface area (Å²) in [4.78, 5) is 11.0. The van der Waals surface area contributed by atoms with Crippen molar-refractivity contribution in [2.75, 3.05) is 7.11 Å². The van der Waals surface area contributed by atoms with Gasteiger partial charge in [-0.15, -0.1) is 0 Å². The maximum atomic E-state index is 11.0. The molecule has 1 aromatic rings. The van der Waals surface area contributed by atoms with Crippen molar-refractivity contribution in [3.63, 3.8) is 0 Å². The van der Waals surface area contributed by atoms with Crippen LogP contribution < -0.4 is 9.47 Å². The van der Waals surface area contributed by atoms with Crippen LogP contribution in [0.3, 0.4) is 0 Å². The van der Waals surface area contributed by atoms with Gasteiger partial charge < -0.3 is 9.47 Å². The molecule has 0 spiro atoms. The van der Waals surface area contributed by atoms with Crippen LogP contribution in [0.2, 0.25) is 0 Å². The van der Waals surface area contributed by atoms with Gasteiger partial charge in [-0.1, -0.05) is 12.1 Å². The number of methoxy groups -OCH3 is 1. The lowest BCUT2D eigenvalue weighted by molar-refractivity contribution is -0.112. The Morgan fingerprint density at radius 1 is 1.32 bits per heavy atom. The van der Waals surface area contributed by atoms with E-state index in [0.717, 1.165) is 24.2 Å². The summed E-state index contributed by atoms with van der Waals surface area (Å²) in [5.74, 6) is 1.48. The standard InChI is InChI=1S/C16H20O3/c1-12(17)10-11-13-6-5-9-15(16(13)18-2)19-14-7-3-4-8-14/h5-6,9-11,14H,3-4,7-8H2,1-2H3. The van der Waals surface area contributed by atoms with Crippen molar-refractivity contribution in [3.8, 4) is 11.5 Å². The third-order valence-corrected chi connectivity index (χ3v) is 3.31. The smallest absolute Gasteiger partial charge is 0.167 e. The molecule has 1 aromatic carbocycles. The first-order valence-corrected chi connectivity index (χ1v) is 6.73. The highest BCUT2D eigenvalue weighted by atomic mass is 16.5. The molecule has 3 nitrogen and oxygen atoms in total. The van der Waals surface area contributed by atoms with Crippen molar-refractivity contribution in [1.82, 2.24) is 0 Å². The molecule has 0 amide bonds. The van der Waals surface area contributed by atoms with Gasteiger partial charge >= 0.3 is 0 Å². The van der Waals surface area contributed by atoms with Gasteiger partial charge in [-0.2, -0.15) is 0 Å². The Kier molecular flexibility index (Phi) is 4.61. The van der Waals surface area contributed by atoms with E-state index in [2.05, 4.69) is 0 Å². The molecule has 0 saturated heterocycles. The number of ketones is 1. The van der Waals surface area contributed by atoms with Crippen LogP contribution >= 0.6 is 0 Å². The number of para-hydroxylation sites is 1. The summed E-state index contributed by atoms with van der Waals surface area (Å²) in [6.07, 6.45) is 8.28. The molecule has 102 valence electrons. The van der Waals surface area contributed by atoms with Crippen molar-refractivity contribution < 1.29 is 14.3 Å². The van der Waals surface area contributed by atoms with E-state index in [1.165, 1.54) is 25.8 Å². The first kappa shape index (κ1) is 13.7. The van der Waals surface area contributed by atoms with Crippen LogP contribution in [0.15, 0.2) is 24.3 Å². The summed E-state index contributed by atoms with van der Waals surface area (Å²) in [5, 5.41) is 0. The maximum Gasteiger partial charge on any atom is 0.167 e. The Balaban J connectivity index is 2.22. The summed E-state index contributed by atoms with van der Waals surface area (Å²) in [6, 6.07) is 5.76. The molecule has 3 heteroatoms. The van der Waals surface area contributed by atoms with E-state index in [0.29, 0.717) is 11.9 Å². The number of ether oxygens (including phenoxy) is 2. The minimum absolute atomic E-state index is 0.0177. The van der Waals surface area contributed by atoms with E-state index in [4.69, 9.17) is 9.47 Å². The number of carbonyl (C=O) groups excluding carboxylic acids is 1. The van der Waals surface area contributed by atoms with Gasteiger partial charge in [0.15, 0.2) is 17.3 Å². The van der Waals surface area contributed by atoms with Gasteiger partial charge in [-0.3, -0.25) is 4.79 Å². The molecule has 0 unspecified atom stereocenters. The third kappa shape index (κ3) is 3.60. The highest BCUT2D eigenvalue weighted by Gasteiger charge is 2.19. The maximum absolute atomic E-state index is 11.0. The quantitative estimate of drug-likeness (QED) is 0.758. The van der Waals surface area contributed by atoms with Gasteiger partial charge in [0.05, 0.1) is 13.2 Å². The largest absolute Gasteiger partial charge is 0.492 e. The molecule has 19 heavy (non-hydrogen) atoms. The lowest BCUT2D eigenvalue weighted by Gasteiger charge is -2.17. The monoisotopic (exact) mass is 260 g/mol. The topological polar surface area (TPSA) is 35.5 Å². The van der Waals surface area contributed by atoms with Crippen LogP contribution in [0.5, 0.6) is 11.5 Å². The van der Waals surface area contributed by atoms with Crippen LogP contribution in [0.4, 0.5) is 0 Å². The fourth-order valence-electron chi connectivity index (χ4n) is 2.37. The fourth-order valence-corrected chi connectivity index (χ4v) is 2.37. The van der Waals surface area contributed by atoms with Crippen molar-refractivity contribution in [2.24, 2.45) is 0 Å². The first-order valence-electron chi connectivity index (χ1n) is 6.73. The molecular formula is C16H20O3. The molecular weight excluding hydrogens is 240 g/mol. The molecule has 0 heterocycles. The second-order valence-corrected chi connectivity index (χ2v) is 4.85. The summed E-state index contributed by atoms with van der Waals surface area (Å²) < 4.78 is 11.4. The summed E-state index contributed by atoms with van der Waals surface area (Å²) in [6.45, 7) is 1.53. The lowest BCUT2D eigenvalue weighted by Crippen LogP contribution is -2.11. The molecule has 1 fully saturated rings. The molecule has 1 aliphatic rings. The SMILES string of the molecule is COc1c(C=CC(C)=O)cccc1OC1CCCC1. The second-order valence-electron chi connectivity index (χ2n) is 4.85. The second kappa shape index (κ2) is 6.41. The highest BCUT2D eigenvalue weighted by molar-refractivity contribution is 5.92. The van der Waals surface area contributed by atoms with E-state index in [1.807, 2.05) is 18.2 Å². The Hall–Kier alpha value is -1.77. The third-order valence-electron chi connectivity index (χ3n) is 3.31. The van der Waals surface area contributed by atoms with Crippen LogP contribution in [0, 0.1) is 0 Å². The molecule has 1 saturated carbocycles. The first-order chi connectivity index (χ1) is 9.20. The average molecular weight is 260 g/mol. The number of rotatable bonds is 5. The zero-order valence-electron chi connectivity index (χ0n) is 11.5. The zero-order chi connectivity index (χ0) is 13.7. The Morgan fingerprint density at radius 2 is 2.05 bits per heavy atom. The lowest BCUT2D eigenvalue weighted by atomic mass is 10.1. The molecule has 0 N–H and O–H groups in total. The minimum Gasteiger partial charge on any atom is -0.492 e. The Bertz CT molecular complexity index is 471. The van der Waals surface area contributed by atoms with Gasteiger partial charge in [0.25, 0.3) is 0 Å². The average Bonchev–Trinajstić information content (AvgIpc) is 2.89. The summed E-state index contributed by atoms with van der Waals surface area (Å²) >= 11 is 0. The highest BCUT2D eigenvalue weighted by Crippen LogP contribution is 2.34. The van der Waals surface area contributed by atoms with Crippen LogP contribution in [-0.2, 0) is 4.79 Å². The molecule has 0 radical (unpaired) electrons. The summed E-state index contributed by atoms with van der Waals surface area (Å²) in [5.41, 5.74) is 0.869. The number of allylic oxidation sites excluding steroid dienone is 1. The van der Waals surface area contributed by atoms with E-state index in [-0.39, 0.29) is 5.78 Å². The van der Waals surface area contributed by atoms with E-state index >= 15 is 0 Å². The molecule has 0 atom stereocenters. The van der Waals surface area contributed by atoms with Gasteiger partial charge in [0.1, 0.15) is 0 Å². The van der Waals surface area contributed by atoms with E-state index in [9.17, 15) is 4.79 Å². The van der Waals surface area contributed by atoms with Gasteiger partial charge in [-0.05, 0) is 50.8 Å². The molecule has 0 bridgehead atoms. The minimum atomic E-state index is 0.0177. The van der Waals surface area contributed by atoms with Crippen molar-refractivity contribution >= 4 is 11.9 Å². The van der Waals surface area contributed by atoms with Gasteiger partial charge in [0, 0.05) is 5.56 Å². The molecule has 0 aliphatic heterocycles. The fraction of sp³-hybridized carbons (Fsp3) is 0.438. The Morgan fingerprint density at radius 3 is 2.68 bits per heavy atom. The predicted octanol–water partition coefficient (Wildman–Crippen LogP) is 3.62. The number of benzene rings is 1. The molecule has 0 aromatic heterocycles. The number of carbonyl (C=O) groups is 1. The van der Waals surface area contributed by atoms with Crippen LogP contribution in [0.1, 0.15) is 38.2 Å². The van der Waals surface area contributed by atoms with Gasteiger partial charge in [0.2, 0.25) is 0 Å². The van der Waals surface area contributed by atoms with Crippen molar-refractivity contribution in [2.45, 2.75) is 38.7 Å². The van der Waals surface area contributed by atoms with Crippen LogP contribution in [-0.4, -0.2) is 19.0 Å². The van der Waals surface area contributed by atoms with Crippen molar-refractivity contribution in [3.05, 3.63) is 29.8 Å². The van der Waals surface area contributed by atoms with Crippen molar-refractivity contribution in [1.29, 1.82) is 0 Å². The van der Waals surface area contributed by atoms with Gasteiger partial charge in [-0.25, -0.2) is 0 Å². The van der Waals surface area contributed by atoms with Crippen LogP contribution in [0.25, 0.3) is 6.08 Å². The molecule has 1 aliphatic carbocycles. The Labute approximate surface area is 114 Å². The predicted molar refractivity (Wildman–Crippen MR) is 75.6 cm³/mol. The number of hydrogen-bond acceptors (Lipinski definition) is 3. The normalized spacial score (nSPS) is 15.9. The van der Waals surface area contributed by atoms with E-state index in [1.54, 1.807) is 13.2 Å².